The van der Waals surface area contributed by atoms with Crippen LogP contribution in [0.1, 0.15) is 46.5 Å². The number of amides is 1. The molecule has 142 valence electrons. The van der Waals surface area contributed by atoms with Gasteiger partial charge in [-0.05, 0) is 56.6 Å². The predicted octanol–water partition coefficient (Wildman–Crippen LogP) is 4.12. The molecule has 1 atom stereocenters. The summed E-state index contributed by atoms with van der Waals surface area (Å²) in [6, 6.07) is 9.89. The highest BCUT2D eigenvalue weighted by Crippen LogP contribution is 2.24. The molecule has 2 heterocycles. The summed E-state index contributed by atoms with van der Waals surface area (Å²) in [6.45, 7) is 10.6. The lowest BCUT2D eigenvalue weighted by atomic mass is 10.1. The summed E-state index contributed by atoms with van der Waals surface area (Å²) >= 11 is 1.73. The molecule has 3 rings (SSSR count). The zero-order chi connectivity index (χ0) is 19.4. The van der Waals surface area contributed by atoms with E-state index in [9.17, 15) is 4.79 Å². The van der Waals surface area contributed by atoms with Crippen LogP contribution in [0, 0.1) is 13.8 Å². The number of nitrogens with zero attached hydrogens (tertiary/aromatic N) is 3. The first-order chi connectivity index (χ1) is 13.0. The molecule has 0 fully saturated rings. The molecule has 0 radical (unpaired) electrons. The number of aryl methyl sites for hydroxylation is 2. The van der Waals surface area contributed by atoms with Gasteiger partial charge in [-0.15, -0.1) is 11.3 Å². The van der Waals surface area contributed by atoms with Gasteiger partial charge in [-0.25, -0.2) is 9.97 Å². The highest BCUT2D eigenvalue weighted by molar-refractivity contribution is 7.10. The first kappa shape index (κ1) is 19.5. The fraction of sp³-hybridized carbons (Fsp3) is 0.381. The van der Waals surface area contributed by atoms with Gasteiger partial charge in [-0.2, -0.15) is 0 Å². The minimum atomic E-state index is -0.0781. The Bertz CT molecular complexity index is 919. The topological polar surface area (TPSA) is 58.1 Å². The van der Waals surface area contributed by atoms with Gasteiger partial charge in [-0.3, -0.25) is 9.69 Å². The van der Waals surface area contributed by atoms with E-state index in [0.717, 1.165) is 35.5 Å². The van der Waals surface area contributed by atoms with Crippen molar-refractivity contribution in [1.82, 2.24) is 20.2 Å². The normalized spacial score (nSPS) is 12.5. The molecular weight excluding hydrogens is 356 g/mol. The van der Waals surface area contributed by atoms with Crippen molar-refractivity contribution in [3.63, 3.8) is 0 Å². The number of hydrogen-bond donors (Lipinski definition) is 1. The Balaban J connectivity index is 1.77. The number of rotatable bonds is 7. The second-order valence-electron chi connectivity index (χ2n) is 6.56. The average molecular weight is 383 g/mol. The van der Waals surface area contributed by atoms with Crippen LogP contribution < -0.4 is 5.32 Å². The van der Waals surface area contributed by atoms with Gasteiger partial charge in [0.2, 0.25) is 0 Å². The van der Waals surface area contributed by atoms with Crippen molar-refractivity contribution in [2.45, 2.75) is 33.7 Å². The summed E-state index contributed by atoms with van der Waals surface area (Å²) in [5, 5.41) is 5.19. The molecule has 0 aliphatic rings. The molecule has 0 aliphatic carbocycles. The molecule has 0 saturated carbocycles. The SMILES string of the molecule is CCN(CC)C(CNC(=O)c1ccc2nc(C)c(C)nc2c1)c1cccs1. The smallest absolute Gasteiger partial charge is 0.251 e. The van der Waals surface area contributed by atoms with Crippen LogP contribution in [0.15, 0.2) is 35.7 Å². The zero-order valence-corrected chi connectivity index (χ0v) is 17.1. The molecule has 0 aliphatic heterocycles. The van der Waals surface area contributed by atoms with E-state index in [1.54, 1.807) is 11.3 Å². The summed E-state index contributed by atoms with van der Waals surface area (Å²) in [4.78, 5) is 25.5. The Morgan fingerprint density at radius 3 is 2.44 bits per heavy atom. The third-order valence-corrected chi connectivity index (χ3v) is 5.89. The molecule has 5 nitrogen and oxygen atoms in total. The van der Waals surface area contributed by atoms with Gasteiger partial charge in [-0.1, -0.05) is 19.9 Å². The quantitative estimate of drug-likeness (QED) is 0.668. The maximum absolute atomic E-state index is 12.7. The second-order valence-corrected chi connectivity index (χ2v) is 7.54. The number of aromatic nitrogens is 2. The molecule has 1 unspecified atom stereocenters. The van der Waals surface area contributed by atoms with Crippen LogP contribution in [-0.2, 0) is 0 Å². The molecule has 0 spiro atoms. The van der Waals surface area contributed by atoms with Crippen molar-refractivity contribution >= 4 is 28.3 Å². The van der Waals surface area contributed by atoms with E-state index in [2.05, 4.69) is 51.5 Å². The predicted molar refractivity (Wildman–Crippen MR) is 111 cm³/mol. The van der Waals surface area contributed by atoms with Gasteiger partial charge in [0.1, 0.15) is 0 Å². The van der Waals surface area contributed by atoms with Crippen molar-refractivity contribution in [1.29, 1.82) is 0 Å². The molecule has 6 heteroatoms. The number of carbonyl (C=O) groups excluding carboxylic acids is 1. The summed E-state index contributed by atoms with van der Waals surface area (Å²) in [5.41, 5.74) is 3.99. The average Bonchev–Trinajstić information content (AvgIpc) is 3.20. The molecule has 27 heavy (non-hydrogen) atoms. The Morgan fingerprint density at radius 2 is 1.81 bits per heavy atom. The highest BCUT2D eigenvalue weighted by Gasteiger charge is 2.20. The molecule has 1 aromatic carbocycles. The summed E-state index contributed by atoms with van der Waals surface area (Å²) in [6.07, 6.45) is 0. The molecule has 1 N–H and O–H groups in total. The number of carbonyl (C=O) groups is 1. The number of likely N-dealkylation sites (N-methyl/N-ethyl adjacent to an activating group) is 1. The number of thiophene rings is 1. The van der Waals surface area contributed by atoms with Crippen LogP contribution in [0.25, 0.3) is 11.0 Å². The van der Waals surface area contributed by atoms with E-state index in [0.29, 0.717) is 12.1 Å². The number of nitrogens with one attached hydrogen (secondary N) is 1. The van der Waals surface area contributed by atoms with Crippen molar-refractivity contribution in [3.05, 3.63) is 57.5 Å². The molecule has 3 aromatic rings. The fourth-order valence-corrected chi connectivity index (χ4v) is 4.08. The summed E-state index contributed by atoms with van der Waals surface area (Å²) < 4.78 is 0. The largest absolute Gasteiger partial charge is 0.350 e. The van der Waals surface area contributed by atoms with Gasteiger partial charge in [0.25, 0.3) is 5.91 Å². The molecule has 1 amide bonds. The minimum absolute atomic E-state index is 0.0781. The van der Waals surface area contributed by atoms with E-state index < -0.39 is 0 Å². The standard InChI is InChI=1S/C21H26N4OS/c1-5-25(6-2)19(20-8-7-11-27-20)13-22-21(26)16-9-10-17-18(12-16)24-15(4)14(3)23-17/h7-12,19H,5-6,13H2,1-4H3,(H,22,26). The maximum Gasteiger partial charge on any atom is 0.251 e. The van der Waals surface area contributed by atoms with Crippen molar-refractivity contribution in [2.24, 2.45) is 0 Å². The van der Waals surface area contributed by atoms with Crippen LogP contribution in [0.4, 0.5) is 0 Å². The van der Waals surface area contributed by atoms with Crippen LogP contribution in [-0.4, -0.2) is 40.4 Å². The number of fused-ring (bicyclic) bond motifs is 1. The Morgan fingerprint density at radius 1 is 1.11 bits per heavy atom. The third kappa shape index (κ3) is 4.34. The number of hydrogen-bond acceptors (Lipinski definition) is 5. The van der Waals surface area contributed by atoms with E-state index in [1.165, 1.54) is 4.88 Å². The second kappa shape index (κ2) is 8.59. The van der Waals surface area contributed by atoms with Gasteiger partial charge in [0.15, 0.2) is 0 Å². The van der Waals surface area contributed by atoms with Crippen LogP contribution >= 0.6 is 11.3 Å². The minimum Gasteiger partial charge on any atom is -0.350 e. The van der Waals surface area contributed by atoms with Gasteiger partial charge in [0.05, 0.1) is 28.5 Å². The van der Waals surface area contributed by atoms with E-state index in [-0.39, 0.29) is 11.9 Å². The van der Waals surface area contributed by atoms with Gasteiger partial charge >= 0.3 is 0 Å². The van der Waals surface area contributed by atoms with Gasteiger partial charge in [0, 0.05) is 17.0 Å². The molecular formula is C21H26N4OS. The van der Waals surface area contributed by atoms with Gasteiger partial charge < -0.3 is 5.32 Å². The van der Waals surface area contributed by atoms with Crippen molar-refractivity contribution in [2.75, 3.05) is 19.6 Å². The lowest BCUT2D eigenvalue weighted by Crippen LogP contribution is -2.37. The van der Waals surface area contributed by atoms with Crippen LogP contribution in [0.5, 0.6) is 0 Å². The first-order valence-electron chi connectivity index (χ1n) is 9.34. The first-order valence-corrected chi connectivity index (χ1v) is 10.2. The van der Waals surface area contributed by atoms with E-state index in [1.807, 2.05) is 32.0 Å². The summed E-state index contributed by atoms with van der Waals surface area (Å²) in [7, 11) is 0. The zero-order valence-electron chi connectivity index (χ0n) is 16.3. The molecule has 0 bridgehead atoms. The van der Waals surface area contributed by atoms with E-state index in [4.69, 9.17) is 0 Å². The maximum atomic E-state index is 12.7. The third-order valence-electron chi connectivity index (χ3n) is 4.92. The monoisotopic (exact) mass is 382 g/mol. The Kier molecular flexibility index (Phi) is 6.19. The Hall–Kier alpha value is -2.31. The summed E-state index contributed by atoms with van der Waals surface area (Å²) in [5.74, 6) is -0.0781. The van der Waals surface area contributed by atoms with Crippen molar-refractivity contribution in [3.8, 4) is 0 Å². The van der Waals surface area contributed by atoms with Crippen LogP contribution in [0.3, 0.4) is 0 Å². The Labute approximate surface area is 164 Å². The van der Waals surface area contributed by atoms with E-state index >= 15 is 0 Å². The molecule has 0 saturated heterocycles. The van der Waals surface area contributed by atoms with Crippen LogP contribution in [0.2, 0.25) is 0 Å². The lowest BCUT2D eigenvalue weighted by molar-refractivity contribution is 0.0935. The fourth-order valence-electron chi connectivity index (χ4n) is 3.22. The molecule has 2 aromatic heterocycles. The highest BCUT2D eigenvalue weighted by atomic mass is 32.1. The lowest BCUT2D eigenvalue weighted by Gasteiger charge is -2.29. The number of benzene rings is 1. The van der Waals surface area contributed by atoms with Crippen molar-refractivity contribution < 1.29 is 4.79 Å².